The lowest BCUT2D eigenvalue weighted by atomic mass is 9.85. The molecule has 7 nitrogen and oxygen atoms in total. The molecule has 34 heavy (non-hydrogen) atoms. The number of anilines is 1. The minimum atomic E-state index is -0.919. The summed E-state index contributed by atoms with van der Waals surface area (Å²) in [6, 6.07) is 13.3. The highest BCUT2D eigenvalue weighted by Crippen LogP contribution is 2.33. The molecule has 174 valence electrons. The van der Waals surface area contributed by atoms with E-state index in [4.69, 9.17) is 27.9 Å². The van der Waals surface area contributed by atoms with Gasteiger partial charge in [-0.25, -0.2) is 4.98 Å². The molecule has 1 atom stereocenters. The minimum absolute atomic E-state index is 0.179. The van der Waals surface area contributed by atoms with Gasteiger partial charge in [0.05, 0.1) is 22.8 Å². The Labute approximate surface area is 206 Å². The van der Waals surface area contributed by atoms with Crippen molar-refractivity contribution in [2.45, 2.75) is 13.0 Å². The van der Waals surface area contributed by atoms with Gasteiger partial charge in [-0.05, 0) is 53.9 Å². The van der Waals surface area contributed by atoms with Gasteiger partial charge in [0.25, 0.3) is 5.91 Å². The van der Waals surface area contributed by atoms with Crippen LogP contribution < -0.4 is 15.0 Å². The Bertz CT molecular complexity index is 1290. The van der Waals surface area contributed by atoms with Crippen LogP contribution in [0.15, 0.2) is 54.7 Å². The fourth-order valence-corrected chi connectivity index (χ4v) is 4.18. The summed E-state index contributed by atoms with van der Waals surface area (Å²) in [5, 5.41) is 3.58. The minimum Gasteiger partial charge on any atom is -0.481 e. The zero-order valence-corrected chi connectivity index (χ0v) is 20.0. The first-order chi connectivity index (χ1) is 16.3. The summed E-state index contributed by atoms with van der Waals surface area (Å²) >= 11 is 12.1. The Balaban J connectivity index is 1.55. The lowest BCUT2D eigenvalue weighted by Gasteiger charge is -2.31. The Morgan fingerprint density at radius 3 is 2.59 bits per heavy atom. The molecule has 3 aromatic rings. The number of amides is 2. The third-order valence-corrected chi connectivity index (χ3v) is 6.46. The number of aromatic nitrogens is 1. The third kappa shape index (κ3) is 4.76. The number of nitrogens with one attached hydrogen (secondary N) is 1. The normalized spacial score (nSPS) is 15.2. The highest BCUT2D eigenvalue weighted by atomic mass is 35.5. The van der Waals surface area contributed by atoms with E-state index in [2.05, 4.69) is 10.3 Å². The number of Topliss-reactive ketones (excluding diaryl/α,β-unsaturated/α-hetero) is 1. The van der Waals surface area contributed by atoms with Crippen LogP contribution in [0.2, 0.25) is 10.0 Å². The molecule has 4 rings (SSSR count). The van der Waals surface area contributed by atoms with E-state index in [1.54, 1.807) is 55.7 Å². The second kappa shape index (κ2) is 9.83. The van der Waals surface area contributed by atoms with Crippen molar-refractivity contribution < 1.29 is 19.1 Å². The maximum atomic E-state index is 13.3. The van der Waals surface area contributed by atoms with Crippen molar-refractivity contribution in [1.82, 2.24) is 10.3 Å². The highest BCUT2D eigenvalue weighted by molar-refractivity contribution is 6.42. The molecule has 0 fully saturated rings. The summed E-state index contributed by atoms with van der Waals surface area (Å²) < 4.78 is 5.10. The van der Waals surface area contributed by atoms with Gasteiger partial charge in [0.2, 0.25) is 11.8 Å². The third-order valence-electron chi connectivity index (χ3n) is 5.72. The second-order valence-corrected chi connectivity index (χ2v) is 8.70. The molecule has 2 amide bonds. The van der Waals surface area contributed by atoms with Crippen molar-refractivity contribution in [1.29, 1.82) is 0 Å². The number of carbonyl (C=O) groups is 3. The summed E-state index contributed by atoms with van der Waals surface area (Å²) in [6.45, 7) is 0.265. The molecule has 0 spiro atoms. The molecule has 1 N–H and O–H groups in total. The summed E-state index contributed by atoms with van der Waals surface area (Å²) in [7, 11) is 3.14. The van der Waals surface area contributed by atoms with E-state index < -0.39 is 5.92 Å². The Kier molecular flexibility index (Phi) is 6.86. The monoisotopic (exact) mass is 497 g/mol. The number of ether oxygens (including phenoxy) is 1. The lowest BCUT2D eigenvalue weighted by molar-refractivity contribution is -0.120. The molecule has 0 saturated heterocycles. The maximum absolute atomic E-state index is 13.3. The average Bonchev–Trinajstić information content (AvgIpc) is 2.85. The van der Waals surface area contributed by atoms with Gasteiger partial charge in [-0.2, -0.15) is 0 Å². The standard InChI is InChI=1S/C25H21Cl2N3O4/c1-30-21-6-4-16(24(32)29-13-15-7-8-28-22(11-15)34-2)12-17(21)23(31)18(25(30)33)9-14-3-5-19(26)20(27)10-14/h3-8,10-12,18H,9,13H2,1-2H3,(H,29,32). The van der Waals surface area contributed by atoms with Gasteiger partial charge in [0.15, 0.2) is 5.78 Å². The van der Waals surface area contributed by atoms with Crippen molar-refractivity contribution in [3.8, 4) is 5.88 Å². The first kappa shape index (κ1) is 23.7. The molecule has 2 aromatic carbocycles. The quantitative estimate of drug-likeness (QED) is 0.511. The molecule has 2 heterocycles. The number of halogens is 2. The number of carbonyl (C=O) groups excluding carboxylic acids is 3. The van der Waals surface area contributed by atoms with E-state index in [-0.39, 0.29) is 30.6 Å². The smallest absolute Gasteiger partial charge is 0.251 e. The van der Waals surface area contributed by atoms with Crippen molar-refractivity contribution in [3.05, 3.63) is 87.0 Å². The van der Waals surface area contributed by atoms with Crippen LogP contribution in [0.4, 0.5) is 5.69 Å². The predicted octanol–water partition coefficient (Wildman–Crippen LogP) is 4.35. The molecular weight excluding hydrogens is 477 g/mol. The summed E-state index contributed by atoms with van der Waals surface area (Å²) in [4.78, 5) is 44.5. The number of fused-ring (bicyclic) bond motifs is 1. The van der Waals surface area contributed by atoms with Crippen molar-refractivity contribution in [2.75, 3.05) is 19.1 Å². The molecule has 0 aliphatic carbocycles. The zero-order chi connectivity index (χ0) is 24.4. The van der Waals surface area contributed by atoms with Crippen LogP contribution in [0.1, 0.15) is 31.8 Å². The van der Waals surface area contributed by atoms with Crippen LogP contribution in [0.5, 0.6) is 5.88 Å². The molecule has 0 saturated carbocycles. The molecule has 9 heteroatoms. The van der Waals surface area contributed by atoms with Crippen molar-refractivity contribution >= 4 is 46.5 Å². The fourth-order valence-electron chi connectivity index (χ4n) is 3.86. The molecule has 1 aromatic heterocycles. The Morgan fingerprint density at radius 2 is 1.85 bits per heavy atom. The first-order valence-electron chi connectivity index (χ1n) is 10.5. The van der Waals surface area contributed by atoms with Gasteiger partial charge in [0, 0.05) is 37.0 Å². The number of ketones is 1. The molecule has 0 radical (unpaired) electrons. The van der Waals surface area contributed by atoms with Crippen LogP contribution in [0.3, 0.4) is 0 Å². The van der Waals surface area contributed by atoms with Crippen LogP contribution in [-0.2, 0) is 17.8 Å². The summed E-state index contributed by atoms with van der Waals surface area (Å²) in [5.74, 6) is -1.46. The fraction of sp³-hybridized carbons (Fsp3) is 0.200. The lowest BCUT2D eigenvalue weighted by Crippen LogP contribution is -2.43. The predicted molar refractivity (Wildman–Crippen MR) is 130 cm³/mol. The van der Waals surface area contributed by atoms with Gasteiger partial charge in [-0.1, -0.05) is 29.3 Å². The van der Waals surface area contributed by atoms with Crippen LogP contribution in [0, 0.1) is 5.92 Å². The number of nitrogens with zero attached hydrogens (tertiary/aromatic N) is 2. The largest absolute Gasteiger partial charge is 0.481 e. The van der Waals surface area contributed by atoms with E-state index in [0.717, 1.165) is 11.1 Å². The van der Waals surface area contributed by atoms with Crippen LogP contribution >= 0.6 is 23.2 Å². The summed E-state index contributed by atoms with van der Waals surface area (Å²) in [5.41, 5.74) is 2.66. The SMILES string of the molecule is COc1cc(CNC(=O)c2ccc3c(c2)C(=O)C(Cc2ccc(Cl)c(Cl)c2)C(=O)N3C)ccn1. The molecule has 1 aliphatic heterocycles. The number of hydrogen-bond donors (Lipinski definition) is 1. The topological polar surface area (TPSA) is 88.6 Å². The van der Waals surface area contributed by atoms with E-state index in [1.165, 1.54) is 18.1 Å². The van der Waals surface area contributed by atoms with Gasteiger partial charge in [-0.15, -0.1) is 0 Å². The van der Waals surface area contributed by atoms with E-state index in [0.29, 0.717) is 32.7 Å². The molecular formula is C25H21Cl2N3O4. The van der Waals surface area contributed by atoms with E-state index >= 15 is 0 Å². The number of pyridine rings is 1. The second-order valence-electron chi connectivity index (χ2n) is 7.89. The number of benzene rings is 2. The van der Waals surface area contributed by atoms with Gasteiger partial charge < -0.3 is 15.0 Å². The Morgan fingerprint density at radius 1 is 1.06 bits per heavy atom. The number of hydrogen-bond acceptors (Lipinski definition) is 5. The van der Waals surface area contributed by atoms with Crippen LogP contribution in [0.25, 0.3) is 0 Å². The number of rotatable bonds is 6. The summed E-state index contributed by atoms with van der Waals surface area (Å²) in [6.07, 6.45) is 1.78. The van der Waals surface area contributed by atoms with Crippen molar-refractivity contribution in [2.24, 2.45) is 5.92 Å². The maximum Gasteiger partial charge on any atom is 0.251 e. The van der Waals surface area contributed by atoms with Gasteiger partial charge in [-0.3, -0.25) is 14.4 Å². The number of methoxy groups -OCH3 is 1. The average molecular weight is 498 g/mol. The molecule has 0 bridgehead atoms. The highest BCUT2D eigenvalue weighted by Gasteiger charge is 2.38. The van der Waals surface area contributed by atoms with Gasteiger partial charge >= 0.3 is 0 Å². The van der Waals surface area contributed by atoms with Crippen LogP contribution in [-0.4, -0.2) is 36.7 Å². The first-order valence-corrected chi connectivity index (χ1v) is 11.2. The molecule has 1 aliphatic rings. The van der Waals surface area contributed by atoms with Crippen molar-refractivity contribution in [3.63, 3.8) is 0 Å². The van der Waals surface area contributed by atoms with E-state index in [1.807, 2.05) is 0 Å². The molecule has 1 unspecified atom stereocenters. The Hall–Kier alpha value is -3.42. The van der Waals surface area contributed by atoms with E-state index in [9.17, 15) is 14.4 Å². The zero-order valence-electron chi connectivity index (χ0n) is 18.5. The van der Waals surface area contributed by atoms with Gasteiger partial charge in [0.1, 0.15) is 5.92 Å².